The van der Waals surface area contributed by atoms with Crippen molar-refractivity contribution in [2.24, 2.45) is 0 Å². The van der Waals surface area contributed by atoms with Gasteiger partial charge in [0.25, 0.3) is 0 Å². The van der Waals surface area contributed by atoms with Crippen molar-refractivity contribution in [1.29, 1.82) is 5.26 Å². The molecule has 1 atom stereocenters. The van der Waals surface area contributed by atoms with Crippen molar-refractivity contribution in [3.63, 3.8) is 0 Å². The molecule has 4 nitrogen and oxygen atoms in total. The highest BCUT2D eigenvalue weighted by molar-refractivity contribution is 14.1. The molecule has 0 aromatic heterocycles. The zero-order valence-corrected chi connectivity index (χ0v) is 12.1. The largest absolute Gasteiger partial charge is 0.490 e. The second kappa shape index (κ2) is 6.25. The highest BCUT2D eigenvalue weighted by Crippen LogP contribution is 2.30. The van der Waals surface area contributed by atoms with Crippen molar-refractivity contribution < 1.29 is 9.47 Å². The number of ether oxygens (including phenoxy) is 2. The van der Waals surface area contributed by atoms with E-state index in [9.17, 15) is 0 Å². The quantitative estimate of drug-likeness (QED) is 0.664. The van der Waals surface area contributed by atoms with Gasteiger partial charge in [-0.15, -0.1) is 0 Å². The normalized spacial score (nSPS) is 18.6. The molecule has 0 bridgehead atoms. The lowest BCUT2D eigenvalue weighted by atomic mass is 10.2. The minimum atomic E-state index is 0.322. The molecule has 2 N–H and O–H groups in total. The summed E-state index contributed by atoms with van der Waals surface area (Å²) in [5, 5.41) is 8.83. The number of benzene rings is 1. The molecule has 1 fully saturated rings. The Kier molecular flexibility index (Phi) is 4.66. The lowest BCUT2D eigenvalue weighted by Gasteiger charge is -2.13. The standard InChI is InChI=1S/C13H15IN2O2/c14-11-6-9(8-15)7-12(16)13(11)18-5-3-10-2-1-4-17-10/h6-7,10H,1-5,16H2. The zero-order valence-electron chi connectivity index (χ0n) is 9.99. The van der Waals surface area contributed by atoms with Gasteiger partial charge in [-0.3, -0.25) is 0 Å². The maximum atomic E-state index is 8.83. The van der Waals surface area contributed by atoms with E-state index in [1.165, 1.54) is 0 Å². The summed E-state index contributed by atoms with van der Waals surface area (Å²) >= 11 is 2.14. The summed E-state index contributed by atoms with van der Waals surface area (Å²) in [7, 11) is 0. The van der Waals surface area contributed by atoms with E-state index >= 15 is 0 Å². The molecule has 0 saturated carbocycles. The van der Waals surface area contributed by atoms with Gasteiger partial charge >= 0.3 is 0 Å². The number of nitrogen functional groups attached to an aromatic ring is 1. The second-order valence-electron chi connectivity index (χ2n) is 4.26. The van der Waals surface area contributed by atoms with Gasteiger partial charge < -0.3 is 15.2 Å². The van der Waals surface area contributed by atoms with Crippen molar-refractivity contribution >= 4 is 28.3 Å². The highest BCUT2D eigenvalue weighted by Gasteiger charge is 2.16. The molecule has 1 aromatic rings. The fraction of sp³-hybridized carbons (Fsp3) is 0.462. The molecule has 1 unspecified atom stereocenters. The van der Waals surface area contributed by atoms with Gasteiger partial charge in [-0.1, -0.05) is 0 Å². The average molecular weight is 358 g/mol. The average Bonchev–Trinajstić information content (AvgIpc) is 2.85. The third-order valence-electron chi connectivity index (χ3n) is 2.91. The summed E-state index contributed by atoms with van der Waals surface area (Å²) in [4.78, 5) is 0. The molecule has 1 aromatic carbocycles. The molecule has 5 heteroatoms. The molecular formula is C13H15IN2O2. The molecular weight excluding hydrogens is 343 g/mol. The van der Waals surface area contributed by atoms with E-state index in [1.54, 1.807) is 12.1 Å². The summed E-state index contributed by atoms with van der Waals surface area (Å²) in [5.74, 6) is 0.674. The lowest BCUT2D eigenvalue weighted by Crippen LogP contribution is -2.11. The fourth-order valence-corrected chi connectivity index (χ4v) is 2.80. The van der Waals surface area contributed by atoms with Gasteiger partial charge in [-0.2, -0.15) is 5.26 Å². The van der Waals surface area contributed by atoms with Gasteiger partial charge in [0.2, 0.25) is 0 Å². The van der Waals surface area contributed by atoms with Gasteiger partial charge in [-0.25, -0.2) is 0 Å². The van der Waals surface area contributed by atoms with Crippen molar-refractivity contribution in [3.05, 3.63) is 21.3 Å². The molecule has 2 rings (SSSR count). The van der Waals surface area contributed by atoms with Crippen LogP contribution >= 0.6 is 22.6 Å². The minimum absolute atomic E-state index is 0.322. The van der Waals surface area contributed by atoms with Crippen molar-refractivity contribution in [2.75, 3.05) is 18.9 Å². The van der Waals surface area contributed by atoms with E-state index < -0.39 is 0 Å². The summed E-state index contributed by atoms with van der Waals surface area (Å²) < 4.78 is 12.1. The number of hydrogen-bond acceptors (Lipinski definition) is 4. The van der Waals surface area contributed by atoms with E-state index in [-0.39, 0.29) is 0 Å². The van der Waals surface area contributed by atoms with Crippen molar-refractivity contribution in [2.45, 2.75) is 25.4 Å². The SMILES string of the molecule is N#Cc1cc(N)c(OCCC2CCCO2)c(I)c1. The molecule has 0 amide bonds. The number of nitriles is 1. The molecule has 0 radical (unpaired) electrons. The maximum Gasteiger partial charge on any atom is 0.155 e. The predicted molar refractivity (Wildman–Crippen MR) is 77.4 cm³/mol. The first kappa shape index (κ1) is 13.4. The van der Waals surface area contributed by atoms with E-state index in [1.807, 2.05) is 0 Å². The van der Waals surface area contributed by atoms with Gasteiger partial charge in [0.15, 0.2) is 5.75 Å². The van der Waals surface area contributed by atoms with Crippen LogP contribution in [0.15, 0.2) is 12.1 Å². The molecule has 0 spiro atoms. The Hall–Kier alpha value is -1.00. The summed E-state index contributed by atoms with van der Waals surface area (Å²) in [5.41, 5.74) is 6.96. The van der Waals surface area contributed by atoms with Gasteiger partial charge in [0.05, 0.1) is 33.6 Å². The van der Waals surface area contributed by atoms with Crippen LogP contribution in [0.1, 0.15) is 24.8 Å². The molecule has 96 valence electrons. The highest BCUT2D eigenvalue weighted by atomic mass is 127. The maximum absolute atomic E-state index is 8.83. The van der Waals surface area contributed by atoms with Crippen molar-refractivity contribution in [3.8, 4) is 11.8 Å². The Morgan fingerprint density at radius 2 is 2.39 bits per heavy atom. The van der Waals surface area contributed by atoms with E-state index in [2.05, 4.69) is 28.7 Å². The Labute approximate surface area is 120 Å². The Morgan fingerprint density at radius 3 is 3.00 bits per heavy atom. The number of hydrogen-bond donors (Lipinski definition) is 1. The van der Waals surface area contributed by atoms with Crippen LogP contribution in [0.25, 0.3) is 0 Å². The van der Waals surface area contributed by atoms with Gasteiger partial charge in [0, 0.05) is 13.0 Å². The molecule has 1 aliphatic heterocycles. The molecule has 0 aliphatic carbocycles. The van der Waals surface area contributed by atoms with Gasteiger partial charge in [0.1, 0.15) is 0 Å². The predicted octanol–water partition coefficient (Wildman–Crippen LogP) is 2.69. The van der Waals surface area contributed by atoms with Crippen LogP contribution in [0.3, 0.4) is 0 Å². The second-order valence-corrected chi connectivity index (χ2v) is 5.42. The van der Waals surface area contributed by atoms with E-state index in [0.717, 1.165) is 29.4 Å². The number of anilines is 1. The monoisotopic (exact) mass is 358 g/mol. The number of halogens is 1. The third kappa shape index (κ3) is 3.27. The first-order chi connectivity index (χ1) is 8.70. The van der Waals surface area contributed by atoms with Crippen LogP contribution < -0.4 is 10.5 Å². The number of rotatable bonds is 4. The Balaban J connectivity index is 1.94. The Morgan fingerprint density at radius 1 is 1.56 bits per heavy atom. The summed E-state index contributed by atoms with van der Waals surface area (Å²) in [6, 6.07) is 5.49. The van der Waals surface area contributed by atoms with Crippen LogP contribution in [0.2, 0.25) is 0 Å². The van der Waals surface area contributed by atoms with Crippen LogP contribution in [0.4, 0.5) is 5.69 Å². The summed E-state index contributed by atoms with van der Waals surface area (Å²) in [6.07, 6.45) is 3.46. The topological polar surface area (TPSA) is 68.3 Å². The fourth-order valence-electron chi connectivity index (χ4n) is 2.00. The molecule has 1 saturated heterocycles. The number of nitrogens with two attached hydrogens (primary N) is 1. The third-order valence-corrected chi connectivity index (χ3v) is 3.71. The van der Waals surface area contributed by atoms with Gasteiger partial charge in [-0.05, 0) is 47.6 Å². The molecule has 18 heavy (non-hydrogen) atoms. The van der Waals surface area contributed by atoms with Crippen LogP contribution in [0, 0.1) is 14.9 Å². The first-order valence-electron chi connectivity index (χ1n) is 5.94. The zero-order chi connectivity index (χ0) is 13.0. The van der Waals surface area contributed by atoms with E-state index in [4.69, 9.17) is 20.5 Å². The van der Waals surface area contributed by atoms with Crippen LogP contribution in [-0.2, 0) is 4.74 Å². The van der Waals surface area contributed by atoms with E-state index in [0.29, 0.717) is 29.7 Å². The minimum Gasteiger partial charge on any atom is -0.490 e. The van der Waals surface area contributed by atoms with Crippen molar-refractivity contribution in [1.82, 2.24) is 0 Å². The van der Waals surface area contributed by atoms with Crippen LogP contribution in [0.5, 0.6) is 5.75 Å². The lowest BCUT2D eigenvalue weighted by molar-refractivity contribution is 0.0903. The number of nitrogens with zero attached hydrogens (tertiary/aromatic N) is 1. The Bertz CT molecular complexity index is 442. The van der Waals surface area contributed by atoms with Crippen LogP contribution in [-0.4, -0.2) is 19.3 Å². The molecule has 1 heterocycles. The summed E-state index contributed by atoms with van der Waals surface area (Å²) in [6.45, 7) is 1.46. The smallest absolute Gasteiger partial charge is 0.155 e. The first-order valence-corrected chi connectivity index (χ1v) is 7.02. The molecule has 1 aliphatic rings.